The number of carbonyl (C=O) groups is 1. The highest BCUT2D eigenvalue weighted by Crippen LogP contribution is 2.36. The van der Waals surface area contributed by atoms with Crippen LogP contribution in [0.5, 0.6) is 0 Å². The van der Waals surface area contributed by atoms with E-state index < -0.39 is 18.1 Å². The quantitative estimate of drug-likeness (QED) is 0.725. The largest absolute Gasteiger partial charge is 0.409 e. The lowest BCUT2D eigenvalue weighted by Gasteiger charge is -2.26. The van der Waals surface area contributed by atoms with E-state index in [4.69, 9.17) is 0 Å². The molecule has 5 heteroatoms. The molecule has 1 fully saturated rings. The zero-order chi connectivity index (χ0) is 11.8. The number of benzene rings is 1. The van der Waals surface area contributed by atoms with Crippen LogP contribution < -0.4 is 4.90 Å². The van der Waals surface area contributed by atoms with Crippen molar-refractivity contribution < 1.29 is 18.0 Å². The number of carbonyl (C=O) groups excluding carboxylic acids is 1. The number of nitrogens with zero attached hydrogens (tertiary/aromatic N) is 1. The summed E-state index contributed by atoms with van der Waals surface area (Å²) in [5.41, 5.74) is 0.312. The van der Waals surface area contributed by atoms with E-state index in [1.165, 1.54) is 12.1 Å². The first-order valence-electron chi connectivity index (χ1n) is 4.94. The third-order valence-electron chi connectivity index (χ3n) is 2.62. The van der Waals surface area contributed by atoms with Crippen molar-refractivity contribution in [2.75, 3.05) is 4.90 Å². The molecule has 1 aliphatic rings. The van der Waals surface area contributed by atoms with E-state index in [-0.39, 0.29) is 12.8 Å². The van der Waals surface area contributed by atoms with Crippen LogP contribution in [-0.2, 0) is 4.79 Å². The maximum absolute atomic E-state index is 12.7. The topological polar surface area (TPSA) is 20.3 Å². The average molecular weight is 229 g/mol. The molecule has 0 aliphatic carbocycles. The van der Waals surface area contributed by atoms with Gasteiger partial charge < -0.3 is 4.90 Å². The van der Waals surface area contributed by atoms with Gasteiger partial charge in [0, 0.05) is 12.1 Å². The van der Waals surface area contributed by atoms with E-state index >= 15 is 0 Å². The average Bonchev–Trinajstić information content (AvgIpc) is 2.61. The molecule has 0 N–H and O–H groups in total. The molecule has 1 aliphatic heterocycles. The highest BCUT2D eigenvalue weighted by atomic mass is 19.4. The van der Waals surface area contributed by atoms with Gasteiger partial charge in [-0.05, 0) is 18.6 Å². The third kappa shape index (κ3) is 1.89. The summed E-state index contributed by atoms with van der Waals surface area (Å²) in [6.07, 6.45) is -4.56. The molecule has 1 atom stereocenters. The molecule has 1 amide bonds. The van der Waals surface area contributed by atoms with Crippen molar-refractivity contribution in [3.05, 3.63) is 30.3 Å². The number of rotatable bonds is 1. The molecule has 16 heavy (non-hydrogen) atoms. The van der Waals surface area contributed by atoms with E-state index in [1.807, 2.05) is 0 Å². The van der Waals surface area contributed by atoms with E-state index in [2.05, 4.69) is 0 Å². The Morgan fingerprint density at radius 3 is 2.38 bits per heavy atom. The lowest BCUT2D eigenvalue weighted by atomic mass is 10.2. The maximum atomic E-state index is 12.7. The molecule has 1 aromatic rings. The van der Waals surface area contributed by atoms with Crippen molar-refractivity contribution in [2.45, 2.75) is 25.1 Å². The van der Waals surface area contributed by atoms with Crippen LogP contribution in [0.25, 0.3) is 0 Å². The van der Waals surface area contributed by atoms with Gasteiger partial charge in [0.15, 0.2) is 0 Å². The van der Waals surface area contributed by atoms with Crippen molar-refractivity contribution in [3.63, 3.8) is 0 Å². The van der Waals surface area contributed by atoms with E-state index in [1.54, 1.807) is 18.2 Å². The fraction of sp³-hybridized carbons (Fsp3) is 0.364. The Bertz CT molecular complexity index is 388. The highest BCUT2D eigenvalue weighted by Gasteiger charge is 2.49. The number of hydrogen-bond donors (Lipinski definition) is 0. The first-order valence-corrected chi connectivity index (χ1v) is 4.94. The molecule has 0 radical (unpaired) electrons. The molecular formula is C11H10F3NO. The Morgan fingerprint density at radius 1 is 1.19 bits per heavy atom. The second-order valence-corrected chi connectivity index (χ2v) is 3.70. The Labute approximate surface area is 90.7 Å². The van der Waals surface area contributed by atoms with Crippen molar-refractivity contribution in [1.29, 1.82) is 0 Å². The lowest BCUT2D eigenvalue weighted by molar-refractivity contribution is -0.148. The third-order valence-corrected chi connectivity index (χ3v) is 2.62. The molecule has 86 valence electrons. The minimum absolute atomic E-state index is 0.0426. The summed E-state index contributed by atoms with van der Waals surface area (Å²) in [6.45, 7) is 0. The van der Waals surface area contributed by atoms with Crippen LogP contribution >= 0.6 is 0 Å². The predicted molar refractivity (Wildman–Crippen MR) is 53.0 cm³/mol. The molecule has 1 heterocycles. The van der Waals surface area contributed by atoms with Crippen molar-refractivity contribution >= 4 is 11.6 Å². The van der Waals surface area contributed by atoms with Crippen LogP contribution in [0.1, 0.15) is 12.8 Å². The minimum Gasteiger partial charge on any atom is -0.300 e. The number of amides is 1. The standard InChI is InChI=1S/C11H10F3NO/c12-11(13,14)9-6-7-10(16)15(9)8-4-2-1-3-5-8/h1-5,9H,6-7H2/t9-/m1/s1. The van der Waals surface area contributed by atoms with Crippen LogP contribution in [0.2, 0.25) is 0 Å². The van der Waals surface area contributed by atoms with E-state index in [0.717, 1.165) is 4.90 Å². The summed E-state index contributed by atoms with van der Waals surface area (Å²) in [4.78, 5) is 12.3. The van der Waals surface area contributed by atoms with Gasteiger partial charge in [-0.15, -0.1) is 0 Å². The number of para-hydroxylation sites is 1. The molecule has 0 saturated carbocycles. The van der Waals surface area contributed by atoms with Gasteiger partial charge in [0.05, 0.1) is 0 Å². The van der Waals surface area contributed by atoms with Gasteiger partial charge in [0.2, 0.25) is 5.91 Å². The number of hydrogen-bond acceptors (Lipinski definition) is 1. The molecular weight excluding hydrogens is 219 g/mol. The Hall–Kier alpha value is -1.52. The monoisotopic (exact) mass is 229 g/mol. The van der Waals surface area contributed by atoms with E-state index in [9.17, 15) is 18.0 Å². The minimum atomic E-state index is -4.36. The second-order valence-electron chi connectivity index (χ2n) is 3.70. The molecule has 2 nitrogen and oxygen atoms in total. The molecule has 0 spiro atoms. The lowest BCUT2D eigenvalue weighted by Crippen LogP contribution is -2.43. The fourth-order valence-corrected chi connectivity index (χ4v) is 1.91. The van der Waals surface area contributed by atoms with Crippen molar-refractivity contribution in [2.24, 2.45) is 0 Å². The Kier molecular flexibility index (Phi) is 2.61. The summed E-state index contributed by atoms with van der Waals surface area (Å²) in [7, 11) is 0. The van der Waals surface area contributed by atoms with Crippen LogP contribution in [0.4, 0.5) is 18.9 Å². The van der Waals surface area contributed by atoms with Crippen molar-refractivity contribution in [3.8, 4) is 0 Å². The molecule has 0 aromatic heterocycles. The normalized spacial score (nSPS) is 21.6. The predicted octanol–water partition coefficient (Wildman–Crippen LogP) is 2.74. The maximum Gasteiger partial charge on any atom is 0.409 e. The van der Waals surface area contributed by atoms with Crippen LogP contribution in [0, 0.1) is 0 Å². The van der Waals surface area contributed by atoms with Crippen LogP contribution in [-0.4, -0.2) is 18.1 Å². The zero-order valence-electron chi connectivity index (χ0n) is 8.37. The molecule has 2 rings (SSSR count). The number of halogens is 3. The van der Waals surface area contributed by atoms with Gasteiger partial charge in [-0.2, -0.15) is 13.2 Å². The summed E-state index contributed by atoms with van der Waals surface area (Å²) < 4.78 is 38.0. The van der Waals surface area contributed by atoms with Gasteiger partial charge in [-0.3, -0.25) is 4.79 Å². The molecule has 0 unspecified atom stereocenters. The molecule has 0 bridgehead atoms. The van der Waals surface area contributed by atoms with Crippen LogP contribution in [0.3, 0.4) is 0 Å². The summed E-state index contributed by atoms with van der Waals surface area (Å²) in [5, 5.41) is 0. The first-order chi connectivity index (χ1) is 7.50. The highest BCUT2D eigenvalue weighted by molar-refractivity contribution is 5.96. The fourth-order valence-electron chi connectivity index (χ4n) is 1.91. The van der Waals surface area contributed by atoms with Gasteiger partial charge in [-0.1, -0.05) is 18.2 Å². The smallest absolute Gasteiger partial charge is 0.300 e. The Balaban J connectivity index is 2.34. The summed E-state index contributed by atoms with van der Waals surface area (Å²) in [5.74, 6) is -0.464. The van der Waals surface area contributed by atoms with Gasteiger partial charge >= 0.3 is 6.18 Å². The molecule has 1 saturated heterocycles. The summed E-state index contributed by atoms with van der Waals surface area (Å²) >= 11 is 0. The number of alkyl halides is 3. The number of anilines is 1. The molecule has 1 aromatic carbocycles. The van der Waals surface area contributed by atoms with Gasteiger partial charge in [-0.25, -0.2) is 0 Å². The zero-order valence-corrected chi connectivity index (χ0v) is 8.37. The van der Waals surface area contributed by atoms with Crippen molar-refractivity contribution in [1.82, 2.24) is 0 Å². The van der Waals surface area contributed by atoms with Gasteiger partial charge in [0.25, 0.3) is 0 Å². The second kappa shape index (κ2) is 3.81. The Morgan fingerprint density at radius 2 is 1.81 bits per heavy atom. The summed E-state index contributed by atoms with van der Waals surface area (Å²) in [6, 6.07) is 6.29. The first kappa shape index (κ1) is 11.0. The SMILES string of the molecule is O=C1CC[C@H](C(F)(F)F)N1c1ccccc1. The van der Waals surface area contributed by atoms with E-state index in [0.29, 0.717) is 5.69 Å². The van der Waals surface area contributed by atoms with Crippen LogP contribution in [0.15, 0.2) is 30.3 Å². The van der Waals surface area contributed by atoms with Gasteiger partial charge in [0.1, 0.15) is 6.04 Å².